The predicted octanol–water partition coefficient (Wildman–Crippen LogP) is 2.66. The lowest BCUT2D eigenvalue weighted by atomic mass is 9.97. The predicted molar refractivity (Wildman–Crippen MR) is 114 cm³/mol. The van der Waals surface area contributed by atoms with Crippen molar-refractivity contribution < 1.29 is 27.3 Å². The molecule has 166 valence electrons. The molecule has 5 rings (SSSR count). The van der Waals surface area contributed by atoms with E-state index >= 15 is 4.39 Å². The maximum atomic E-state index is 15.3. The Hall–Kier alpha value is -2.68. The van der Waals surface area contributed by atoms with Gasteiger partial charge in [0.15, 0.2) is 0 Å². The Morgan fingerprint density at radius 2 is 2.23 bits per heavy atom. The van der Waals surface area contributed by atoms with Crippen molar-refractivity contribution in [3.8, 4) is 5.88 Å². The molecule has 2 aromatic heterocycles. The molecule has 1 amide bonds. The number of halogens is 1. The normalized spacial score (nSPS) is 30.5. The standard InChI is InChI=1S/C22H28FN5O3/c1-11-15(7-8-26(3)4)25-20-18-17(11)14(23)9-24-21(18)31-12(2)19-16-6-5-13(10-27(19)20)28(16)22(29)30/h9,12-13,16,19H,5-8,10H2,1-4H3,(H,29,30)/i3D3,4D3. The number of rotatable bonds is 3. The van der Waals surface area contributed by atoms with E-state index in [1.54, 1.807) is 6.92 Å². The Morgan fingerprint density at radius 3 is 2.97 bits per heavy atom. The van der Waals surface area contributed by atoms with Gasteiger partial charge >= 0.3 is 6.09 Å². The molecule has 4 unspecified atom stereocenters. The summed E-state index contributed by atoms with van der Waals surface area (Å²) in [6.07, 6.45) is 0.860. The molecule has 2 bridgehead atoms. The van der Waals surface area contributed by atoms with E-state index in [-0.39, 0.29) is 36.3 Å². The lowest BCUT2D eigenvalue weighted by Crippen LogP contribution is -2.64. The van der Waals surface area contributed by atoms with Gasteiger partial charge < -0.3 is 19.6 Å². The van der Waals surface area contributed by atoms with E-state index in [4.69, 9.17) is 17.9 Å². The highest BCUT2D eigenvalue weighted by Crippen LogP contribution is 2.45. The molecular weight excluding hydrogens is 401 g/mol. The van der Waals surface area contributed by atoms with Crippen LogP contribution < -0.4 is 9.64 Å². The number of likely N-dealkylation sites (N-methyl/N-ethyl adjacent to an activating group) is 1. The molecular formula is C22H28FN5O3. The number of aryl methyl sites for hydroxylation is 1. The molecule has 5 heterocycles. The van der Waals surface area contributed by atoms with E-state index in [2.05, 4.69) is 4.98 Å². The number of nitrogens with zero attached hydrogens (tertiary/aromatic N) is 5. The number of anilines is 1. The van der Waals surface area contributed by atoms with Crippen LogP contribution >= 0.6 is 0 Å². The fourth-order valence-corrected chi connectivity index (χ4v) is 5.54. The molecule has 2 saturated heterocycles. The summed E-state index contributed by atoms with van der Waals surface area (Å²) in [5.41, 5.74) is 0.802. The lowest BCUT2D eigenvalue weighted by molar-refractivity contribution is 0.0707. The summed E-state index contributed by atoms with van der Waals surface area (Å²) in [5.74, 6) is -0.0190. The quantitative estimate of drug-likeness (QED) is 0.794. The molecule has 2 fully saturated rings. The van der Waals surface area contributed by atoms with Crippen molar-refractivity contribution in [1.29, 1.82) is 0 Å². The zero-order chi connectivity index (χ0) is 27.0. The SMILES string of the molecule is [2H]C([2H])([2H])N(CCc1nc2c3c(ncc(F)c3c1C)OC(C)C1C3CCC(CN21)N3C(=O)O)C([2H])([2H])[2H]. The topological polar surface area (TPSA) is 82.0 Å². The third-order valence-corrected chi connectivity index (χ3v) is 6.82. The smallest absolute Gasteiger partial charge is 0.407 e. The van der Waals surface area contributed by atoms with Crippen LogP contribution in [0.25, 0.3) is 10.8 Å². The summed E-state index contributed by atoms with van der Waals surface area (Å²) < 4.78 is 67.4. The van der Waals surface area contributed by atoms with Crippen LogP contribution in [0.2, 0.25) is 0 Å². The summed E-state index contributed by atoms with van der Waals surface area (Å²) >= 11 is 0. The number of piperazine rings is 1. The Balaban J connectivity index is 1.64. The highest BCUT2D eigenvalue weighted by Gasteiger charge is 2.52. The molecule has 4 atom stereocenters. The zero-order valence-electron chi connectivity index (χ0n) is 23.3. The minimum absolute atomic E-state index is 0.0499. The van der Waals surface area contributed by atoms with Gasteiger partial charge in [-0.25, -0.2) is 19.2 Å². The highest BCUT2D eigenvalue weighted by atomic mass is 19.1. The summed E-state index contributed by atoms with van der Waals surface area (Å²) in [4.78, 5) is 25.0. The molecule has 2 aromatic rings. The van der Waals surface area contributed by atoms with Gasteiger partial charge in [-0.15, -0.1) is 0 Å². The summed E-state index contributed by atoms with van der Waals surface area (Å²) in [6.45, 7) is -2.24. The second-order valence-corrected chi connectivity index (χ2v) is 8.52. The fraction of sp³-hybridized carbons (Fsp3) is 0.591. The van der Waals surface area contributed by atoms with Crippen molar-refractivity contribution in [2.75, 3.05) is 31.9 Å². The maximum Gasteiger partial charge on any atom is 0.407 e. The molecule has 0 radical (unpaired) electrons. The summed E-state index contributed by atoms with van der Waals surface area (Å²) in [6, 6.07) is -1.02. The van der Waals surface area contributed by atoms with Crippen molar-refractivity contribution in [2.24, 2.45) is 0 Å². The number of carbonyl (C=O) groups is 1. The Labute approximate surface area is 189 Å². The summed E-state index contributed by atoms with van der Waals surface area (Å²) in [5, 5.41) is 10.5. The molecule has 3 aliphatic rings. The number of carboxylic acid groups (broad SMARTS) is 1. The van der Waals surface area contributed by atoms with E-state index in [1.807, 2.05) is 11.8 Å². The molecule has 9 heteroatoms. The van der Waals surface area contributed by atoms with Gasteiger partial charge in [0.1, 0.15) is 17.7 Å². The van der Waals surface area contributed by atoms with E-state index < -0.39 is 38.0 Å². The fourth-order valence-electron chi connectivity index (χ4n) is 5.54. The van der Waals surface area contributed by atoms with Gasteiger partial charge in [0.2, 0.25) is 5.88 Å². The number of pyridine rings is 2. The molecule has 31 heavy (non-hydrogen) atoms. The van der Waals surface area contributed by atoms with Crippen molar-refractivity contribution >= 4 is 22.7 Å². The third-order valence-electron chi connectivity index (χ3n) is 6.82. The van der Waals surface area contributed by atoms with Crippen LogP contribution in [0, 0.1) is 12.7 Å². The Bertz CT molecular complexity index is 1240. The van der Waals surface area contributed by atoms with Gasteiger partial charge in [0.05, 0.1) is 29.7 Å². The molecule has 3 aliphatic heterocycles. The number of ether oxygens (including phenoxy) is 1. The first-order valence-electron chi connectivity index (χ1n) is 13.4. The Kier molecular flexibility index (Phi) is 3.34. The van der Waals surface area contributed by atoms with Crippen LogP contribution in [0.15, 0.2) is 6.20 Å². The van der Waals surface area contributed by atoms with Crippen LogP contribution in [-0.2, 0) is 6.42 Å². The second kappa shape index (κ2) is 7.19. The first kappa shape index (κ1) is 14.4. The average molecular weight is 436 g/mol. The van der Waals surface area contributed by atoms with Crippen LogP contribution in [0.1, 0.15) is 39.2 Å². The van der Waals surface area contributed by atoms with Crippen molar-refractivity contribution in [2.45, 2.75) is 57.3 Å². The molecule has 0 aromatic carbocycles. The Morgan fingerprint density at radius 1 is 1.42 bits per heavy atom. The highest BCUT2D eigenvalue weighted by molar-refractivity contribution is 5.99. The minimum atomic E-state index is -2.86. The van der Waals surface area contributed by atoms with E-state index in [1.165, 1.54) is 4.90 Å². The summed E-state index contributed by atoms with van der Waals surface area (Å²) in [7, 11) is 0. The monoisotopic (exact) mass is 435 g/mol. The zero-order valence-corrected chi connectivity index (χ0v) is 17.3. The average Bonchev–Trinajstić information content (AvgIpc) is 3.02. The molecule has 0 saturated carbocycles. The number of aromatic nitrogens is 2. The van der Waals surface area contributed by atoms with E-state index in [9.17, 15) is 9.90 Å². The molecule has 0 aliphatic carbocycles. The van der Waals surface area contributed by atoms with Gasteiger partial charge in [-0.1, -0.05) is 0 Å². The van der Waals surface area contributed by atoms with Gasteiger partial charge in [0, 0.05) is 38.8 Å². The van der Waals surface area contributed by atoms with Gasteiger partial charge in [0.25, 0.3) is 0 Å². The number of fused-ring (bicyclic) bond motifs is 5. The van der Waals surface area contributed by atoms with Crippen molar-refractivity contribution in [1.82, 2.24) is 19.8 Å². The number of amides is 1. The number of hydrogen-bond donors (Lipinski definition) is 1. The first-order chi connectivity index (χ1) is 17.2. The van der Waals surface area contributed by atoms with Gasteiger partial charge in [-0.05, 0) is 46.2 Å². The van der Waals surface area contributed by atoms with Crippen LogP contribution in [-0.4, -0.2) is 82.2 Å². The van der Waals surface area contributed by atoms with Crippen LogP contribution in [0.4, 0.5) is 15.0 Å². The van der Waals surface area contributed by atoms with Gasteiger partial charge in [-0.3, -0.25) is 4.90 Å². The molecule has 0 spiro atoms. The second-order valence-electron chi connectivity index (χ2n) is 8.52. The molecule has 8 nitrogen and oxygen atoms in total. The largest absolute Gasteiger partial charge is 0.472 e. The maximum absolute atomic E-state index is 15.3. The van der Waals surface area contributed by atoms with Crippen molar-refractivity contribution in [3.05, 3.63) is 23.3 Å². The van der Waals surface area contributed by atoms with Crippen LogP contribution in [0.3, 0.4) is 0 Å². The minimum Gasteiger partial charge on any atom is -0.472 e. The van der Waals surface area contributed by atoms with E-state index in [0.29, 0.717) is 46.7 Å². The number of hydrogen-bond acceptors (Lipinski definition) is 6. The first-order valence-corrected chi connectivity index (χ1v) is 10.4. The molecule has 1 N–H and O–H groups in total. The van der Waals surface area contributed by atoms with Gasteiger partial charge in [-0.2, -0.15) is 0 Å². The van der Waals surface area contributed by atoms with Crippen LogP contribution in [0.5, 0.6) is 5.88 Å². The third kappa shape index (κ3) is 3.01. The lowest BCUT2D eigenvalue weighted by Gasteiger charge is -2.47. The van der Waals surface area contributed by atoms with E-state index in [0.717, 1.165) is 6.20 Å². The van der Waals surface area contributed by atoms with Crippen molar-refractivity contribution in [3.63, 3.8) is 0 Å².